The van der Waals surface area contributed by atoms with E-state index in [0.29, 0.717) is 18.1 Å². The number of esters is 1. The molecular formula is C22H22N4O3. The van der Waals surface area contributed by atoms with Gasteiger partial charge in [0.2, 0.25) is 0 Å². The van der Waals surface area contributed by atoms with E-state index in [9.17, 15) is 9.59 Å². The largest absolute Gasteiger partial charge is 0.462 e. The standard InChI is InChI=1S/C22H22N4O3/c1-3-29-22(28)17-6-4-5-7-18(17)24-21(27)19-12-13-20(26-25-19)23-14-16-10-8-15(2)9-11-16/h4-13H,3,14H2,1-2H3,(H,23,26)(H,24,27). The van der Waals surface area contributed by atoms with Crippen molar-refractivity contribution in [3.63, 3.8) is 0 Å². The Hall–Kier alpha value is -3.74. The number of aromatic nitrogens is 2. The number of hydrogen-bond acceptors (Lipinski definition) is 6. The van der Waals surface area contributed by atoms with Crippen molar-refractivity contribution in [3.8, 4) is 0 Å². The predicted molar refractivity (Wildman–Crippen MR) is 111 cm³/mol. The minimum Gasteiger partial charge on any atom is -0.462 e. The van der Waals surface area contributed by atoms with Crippen LogP contribution in [0.4, 0.5) is 11.5 Å². The monoisotopic (exact) mass is 390 g/mol. The molecule has 1 amide bonds. The lowest BCUT2D eigenvalue weighted by Gasteiger charge is -2.10. The smallest absolute Gasteiger partial charge is 0.340 e. The number of ether oxygens (including phenoxy) is 1. The number of nitrogens with zero attached hydrogens (tertiary/aromatic N) is 2. The normalized spacial score (nSPS) is 10.3. The first kappa shape index (κ1) is 20.0. The van der Waals surface area contributed by atoms with Crippen molar-refractivity contribution in [3.05, 3.63) is 83.0 Å². The van der Waals surface area contributed by atoms with Gasteiger partial charge in [-0.1, -0.05) is 42.0 Å². The summed E-state index contributed by atoms with van der Waals surface area (Å²) in [5, 5.41) is 13.9. The first-order chi connectivity index (χ1) is 14.1. The van der Waals surface area contributed by atoms with Gasteiger partial charge >= 0.3 is 5.97 Å². The zero-order valence-corrected chi connectivity index (χ0v) is 16.3. The van der Waals surface area contributed by atoms with E-state index in [-0.39, 0.29) is 17.9 Å². The molecule has 148 valence electrons. The minimum atomic E-state index is -0.495. The predicted octanol–water partition coefficient (Wildman–Crippen LogP) is 3.83. The Morgan fingerprint density at radius 2 is 1.72 bits per heavy atom. The van der Waals surface area contributed by atoms with Gasteiger partial charge in [-0.15, -0.1) is 10.2 Å². The van der Waals surface area contributed by atoms with E-state index in [0.717, 1.165) is 5.56 Å². The van der Waals surface area contributed by atoms with Gasteiger partial charge in [-0.3, -0.25) is 4.79 Å². The van der Waals surface area contributed by atoms with Gasteiger partial charge in [-0.05, 0) is 43.7 Å². The van der Waals surface area contributed by atoms with E-state index in [4.69, 9.17) is 4.74 Å². The molecule has 0 aliphatic rings. The third kappa shape index (κ3) is 5.38. The summed E-state index contributed by atoms with van der Waals surface area (Å²) in [5.41, 5.74) is 3.11. The van der Waals surface area contributed by atoms with Crippen LogP contribution in [-0.2, 0) is 11.3 Å². The average Bonchev–Trinajstić information content (AvgIpc) is 2.74. The molecule has 0 saturated heterocycles. The van der Waals surface area contributed by atoms with Gasteiger partial charge in [-0.2, -0.15) is 0 Å². The van der Waals surface area contributed by atoms with Gasteiger partial charge < -0.3 is 15.4 Å². The summed E-state index contributed by atoms with van der Waals surface area (Å²) in [6.07, 6.45) is 0. The number of nitrogens with one attached hydrogen (secondary N) is 2. The number of para-hydroxylation sites is 1. The molecule has 7 nitrogen and oxygen atoms in total. The van der Waals surface area contributed by atoms with Crippen molar-refractivity contribution in [1.29, 1.82) is 0 Å². The molecule has 0 atom stereocenters. The van der Waals surface area contributed by atoms with E-state index in [1.54, 1.807) is 43.3 Å². The minimum absolute atomic E-state index is 0.143. The quantitative estimate of drug-likeness (QED) is 0.596. The molecule has 0 saturated carbocycles. The molecule has 1 aromatic heterocycles. The van der Waals surface area contributed by atoms with E-state index < -0.39 is 11.9 Å². The van der Waals surface area contributed by atoms with Crippen LogP contribution in [0.2, 0.25) is 0 Å². The second kappa shape index (κ2) is 9.45. The summed E-state index contributed by atoms with van der Waals surface area (Å²) in [5.74, 6) is -0.390. The number of benzene rings is 2. The van der Waals surface area contributed by atoms with Gasteiger partial charge in [0.25, 0.3) is 5.91 Å². The van der Waals surface area contributed by atoms with Crippen LogP contribution in [0.1, 0.15) is 38.9 Å². The lowest BCUT2D eigenvalue weighted by atomic mass is 10.1. The Labute approximate surface area is 169 Å². The summed E-state index contributed by atoms with van der Waals surface area (Å²) in [7, 11) is 0. The second-order valence-corrected chi connectivity index (χ2v) is 6.36. The number of hydrogen-bond donors (Lipinski definition) is 2. The zero-order valence-electron chi connectivity index (χ0n) is 16.3. The molecule has 0 bridgehead atoms. The highest BCUT2D eigenvalue weighted by atomic mass is 16.5. The van der Waals surface area contributed by atoms with Gasteiger partial charge in [0.1, 0.15) is 5.82 Å². The number of carbonyl (C=O) groups excluding carboxylic acids is 2. The highest BCUT2D eigenvalue weighted by Gasteiger charge is 2.15. The number of aryl methyl sites for hydroxylation is 1. The molecule has 0 unspecified atom stereocenters. The summed E-state index contributed by atoms with van der Waals surface area (Å²) >= 11 is 0. The fourth-order valence-corrected chi connectivity index (χ4v) is 2.61. The van der Waals surface area contributed by atoms with E-state index in [1.807, 2.05) is 31.2 Å². The fourth-order valence-electron chi connectivity index (χ4n) is 2.61. The van der Waals surface area contributed by atoms with Gasteiger partial charge in [0, 0.05) is 6.54 Å². The Balaban J connectivity index is 1.63. The first-order valence-corrected chi connectivity index (χ1v) is 9.27. The van der Waals surface area contributed by atoms with Crippen LogP contribution in [0.3, 0.4) is 0 Å². The van der Waals surface area contributed by atoms with Crippen molar-refractivity contribution in [2.75, 3.05) is 17.2 Å². The molecule has 3 rings (SSSR count). The SMILES string of the molecule is CCOC(=O)c1ccccc1NC(=O)c1ccc(NCc2ccc(C)cc2)nn1. The molecular weight excluding hydrogens is 368 g/mol. The molecule has 7 heteroatoms. The maximum atomic E-state index is 12.5. The Bertz CT molecular complexity index is 986. The highest BCUT2D eigenvalue weighted by molar-refractivity contribution is 6.07. The van der Waals surface area contributed by atoms with Crippen molar-refractivity contribution in [1.82, 2.24) is 10.2 Å². The highest BCUT2D eigenvalue weighted by Crippen LogP contribution is 2.17. The Morgan fingerprint density at radius 1 is 0.966 bits per heavy atom. The van der Waals surface area contributed by atoms with E-state index >= 15 is 0 Å². The van der Waals surface area contributed by atoms with Crippen molar-refractivity contribution in [2.24, 2.45) is 0 Å². The van der Waals surface area contributed by atoms with Crippen molar-refractivity contribution >= 4 is 23.4 Å². The molecule has 0 spiro atoms. The van der Waals surface area contributed by atoms with Crippen LogP contribution in [0.15, 0.2) is 60.7 Å². The molecule has 2 aromatic carbocycles. The third-order valence-corrected chi connectivity index (χ3v) is 4.16. The summed E-state index contributed by atoms with van der Waals surface area (Å²) in [4.78, 5) is 24.5. The number of anilines is 2. The molecule has 3 aromatic rings. The van der Waals surface area contributed by atoms with Gasteiger partial charge in [-0.25, -0.2) is 4.79 Å². The lowest BCUT2D eigenvalue weighted by Crippen LogP contribution is -2.17. The maximum absolute atomic E-state index is 12.5. The third-order valence-electron chi connectivity index (χ3n) is 4.16. The van der Waals surface area contributed by atoms with Crippen molar-refractivity contribution in [2.45, 2.75) is 20.4 Å². The fraction of sp³-hybridized carbons (Fsp3) is 0.182. The average molecular weight is 390 g/mol. The topological polar surface area (TPSA) is 93.2 Å². The van der Waals surface area contributed by atoms with Gasteiger partial charge in [0.05, 0.1) is 17.9 Å². The second-order valence-electron chi connectivity index (χ2n) is 6.36. The molecule has 0 fully saturated rings. The first-order valence-electron chi connectivity index (χ1n) is 9.27. The summed E-state index contributed by atoms with van der Waals surface area (Å²) < 4.78 is 5.01. The number of carbonyl (C=O) groups is 2. The number of amides is 1. The zero-order chi connectivity index (χ0) is 20.6. The van der Waals surface area contributed by atoms with Gasteiger partial charge in [0.15, 0.2) is 5.69 Å². The van der Waals surface area contributed by atoms with Crippen molar-refractivity contribution < 1.29 is 14.3 Å². The van der Waals surface area contributed by atoms with E-state index in [1.165, 1.54) is 5.56 Å². The molecule has 0 aliphatic carbocycles. The summed E-state index contributed by atoms with van der Waals surface area (Å²) in [6.45, 7) is 4.62. The number of rotatable bonds is 7. The maximum Gasteiger partial charge on any atom is 0.340 e. The Kier molecular flexibility index (Phi) is 6.52. The van der Waals surface area contributed by atoms with Crippen LogP contribution in [0, 0.1) is 6.92 Å². The van der Waals surface area contributed by atoms with Crippen LogP contribution in [-0.4, -0.2) is 28.7 Å². The van der Waals surface area contributed by atoms with Crippen LogP contribution in [0.25, 0.3) is 0 Å². The summed E-state index contributed by atoms with van der Waals surface area (Å²) in [6, 6.07) is 18.1. The van der Waals surface area contributed by atoms with E-state index in [2.05, 4.69) is 20.8 Å². The molecule has 0 aliphatic heterocycles. The molecule has 29 heavy (non-hydrogen) atoms. The van der Waals surface area contributed by atoms with Crippen LogP contribution in [0.5, 0.6) is 0 Å². The molecule has 0 radical (unpaired) electrons. The molecule has 2 N–H and O–H groups in total. The lowest BCUT2D eigenvalue weighted by molar-refractivity contribution is 0.0527. The van der Waals surface area contributed by atoms with Crippen LogP contribution >= 0.6 is 0 Å². The molecule has 1 heterocycles. The Morgan fingerprint density at radius 3 is 2.41 bits per heavy atom. The van der Waals surface area contributed by atoms with Crippen LogP contribution < -0.4 is 10.6 Å².